The van der Waals surface area contributed by atoms with E-state index in [1.165, 1.54) is 16.7 Å². The zero-order valence-corrected chi connectivity index (χ0v) is 16.5. The van der Waals surface area contributed by atoms with E-state index in [1.54, 1.807) is 11.3 Å². The molecule has 5 heteroatoms. The third kappa shape index (κ3) is 3.39. The van der Waals surface area contributed by atoms with Crippen LogP contribution in [0.4, 0.5) is 0 Å². The molecule has 25 heavy (non-hydrogen) atoms. The molecule has 2 unspecified atom stereocenters. The van der Waals surface area contributed by atoms with Crippen molar-refractivity contribution in [2.45, 2.75) is 53.6 Å². The molecule has 2 atom stereocenters. The average Bonchev–Trinajstić information content (AvgIpc) is 2.84. The zero-order chi connectivity index (χ0) is 18.3. The van der Waals surface area contributed by atoms with Crippen LogP contribution in [0.5, 0.6) is 0 Å². The van der Waals surface area contributed by atoms with Gasteiger partial charge in [-0.3, -0.25) is 4.79 Å². The number of aromatic amines is 1. The van der Waals surface area contributed by atoms with Crippen molar-refractivity contribution in [2.24, 2.45) is 0 Å². The smallest absolute Gasteiger partial charge is 0.259 e. The van der Waals surface area contributed by atoms with Crippen molar-refractivity contribution in [3.8, 4) is 0 Å². The molecule has 0 amide bonds. The summed E-state index contributed by atoms with van der Waals surface area (Å²) < 4.78 is 0. The fourth-order valence-electron chi connectivity index (χ4n) is 3.25. The first-order valence-electron chi connectivity index (χ1n) is 8.61. The number of hydrogen-bond donors (Lipinski definition) is 2. The van der Waals surface area contributed by atoms with E-state index < -0.39 is 0 Å². The molecule has 2 aromatic heterocycles. The monoisotopic (exact) mass is 355 g/mol. The van der Waals surface area contributed by atoms with Crippen LogP contribution in [0, 0.1) is 27.7 Å². The van der Waals surface area contributed by atoms with E-state index in [-0.39, 0.29) is 17.6 Å². The number of hydrogen-bond acceptors (Lipinski definition) is 4. The second kappa shape index (κ2) is 6.73. The molecule has 3 rings (SSSR count). The van der Waals surface area contributed by atoms with Crippen molar-refractivity contribution in [3.63, 3.8) is 0 Å². The van der Waals surface area contributed by atoms with Crippen LogP contribution in [0.25, 0.3) is 10.2 Å². The Labute approximate surface area is 152 Å². The van der Waals surface area contributed by atoms with Gasteiger partial charge in [0.15, 0.2) is 0 Å². The number of benzene rings is 1. The van der Waals surface area contributed by atoms with E-state index in [2.05, 4.69) is 49.3 Å². The summed E-state index contributed by atoms with van der Waals surface area (Å²) >= 11 is 1.59. The number of H-pyrrole nitrogens is 1. The summed E-state index contributed by atoms with van der Waals surface area (Å²) in [5.41, 5.74) is 4.77. The Bertz CT molecular complexity index is 987. The molecule has 0 aliphatic heterocycles. The zero-order valence-electron chi connectivity index (χ0n) is 15.7. The maximum Gasteiger partial charge on any atom is 0.259 e. The summed E-state index contributed by atoms with van der Waals surface area (Å²) in [7, 11) is 0. The molecule has 0 saturated heterocycles. The lowest BCUT2D eigenvalue weighted by molar-refractivity contribution is 0.475. The van der Waals surface area contributed by atoms with E-state index in [0.717, 1.165) is 20.7 Å². The summed E-state index contributed by atoms with van der Waals surface area (Å²) in [6.07, 6.45) is 0. The van der Waals surface area contributed by atoms with Crippen LogP contribution in [0.1, 0.15) is 58.9 Å². The molecule has 2 heterocycles. The summed E-state index contributed by atoms with van der Waals surface area (Å²) in [4.78, 5) is 22.1. The van der Waals surface area contributed by atoms with E-state index in [0.29, 0.717) is 5.82 Å². The minimum Gasteiger partial charge on any atom is -0.309 e. The largest absolute Gasteiger partial charge is 0.309 e. The Morgan fingerprint density at radius 2 is 1.84 bits per heavy atom. The third-order valence-electron chi connectivity index (χ3n) is 4.87. The summed E-state index contributed by atoms with van der Waals surface area (Å²) in [5, 5.41) is 4.29. The van der Waals surface area contributed by atoms with Gasteiger partial charge in [0.1, 0.15) is 10.7 Å². The molecule has 0 bridgehead atoms. The fourth-order valence-corrected chi connectivity index (χ4v) is 4.28. The standard InChI is InChI=1S/C20H25N3OS/c1-10-7-8-11(2)16(9-10)13(4)21-14(5)18-22-19(24)17-12(3)15(6)25-20(17)23-18/h7-9,13-14,21H,1-6H3,(H,22,23,24). The highest BCUT2D eigenvalue weighted by molar-refractivity contribution is 7.18. The Kier molecular flexibility index (Phi) is 4.80. The second-order valence-electron chi connectivity index (χ2n) is 6.88. The minimum atomic E-state index is -0.0466. The SMILES string of the molecule is Cc1ccc(C)c(C(C)NC(C)c2nc3sc(C)c(C)c3c(=O)[nH]2)c1. The number of aromatic nitrogens is 2. The summed E-state index contributed by atoms with van der Waals surface area (Å²) in [6.45, 7) is 12.4. The molecule has 0 radical (unpaired) electrons. The second-order valence-corrected chi connectivity index (χ2v) is 8.09. The number of nitrogens with zero attached hydrogens (tertiary/aromatic N) is 1. The Morgan fingerprint density at radius 3 is 2.56 bits per heavy atom. The first-order valence-corrected chi connectivity index (χ1v) is 9.42. The van der Waals surface area contributed by atoms with Crippen LogP contribution in [-0.2, 0) is 0 Å². The van der Waals surface area contributed by atoms with Crippen molar-refractivity contribution in [1.82, 2.24) is 15.3 Å². The lowest BCUT2D eigenvalue weighted by Crippen LogP contribution is -2.26. The van der Waals surface area contributed by atoms with Gasteiger partial charge in [-0.05, 0) is 58.2 Å². The van der Waals surface area contributed by atoms with Gasteiger partial charge < -0.3 is 10.3 Å². The van der Waals surface area contributed by atoms with Gasteiger partial charge in [0.05, 0.1) is 11.4 Å². The Hall–Kier alpha value is -1.98. The number of rotatable bonds is 4. The highest BCUT2D eigenvalue weighted by Crippen LogP contribution is 2.27. The summed E-state index contributed by atoms with van der Waals surface area (Å²) in [6, 6.07) is 6.61. The van der Waals surface area contributed by atoms with Gasteiger partial charge in [0.2, 0.25) is 0 Å². The Balaban J connectivity index is 1.90. The predicted molar refractivity (Wildman–Crippen MR) is 106 cm³/mol. The normalized spacial score (nSPS) is 14.0. The lowest BCUT2D eigenvalue weighted by Gasteiger charge is -2.21. The van der Waals surface area contributed by atoms with Gasteiger partial charge in [-0.2, -0.15) is 0 Å². The number of nitrogens with one attached hydrogen (secondary N) is 2. The van der Waals surface area contributed by atoms with Crippen LogP contribution in [0.15, 0.2) is 23.0 Å². The molecule has 3 aromatic rings. The number of fused-ring (bicyclic) bond motifs is 1. The van der Waals surface area contributed by atoms with Crippen molar-refractivity contribution < 1.29 is 0 Å². The van der Waals surface area contributed by atoms with Crippen molar-refractivity contribution in [3.05, 3.63) is 61.5 Å². The molecule has 0 aliphatic rings. The van der Waals surface area contributed by atoms with Crippen LogP contribution in [0.2, 0.25) is 0 Å². The van der Waals surface area contributed by atoms with Gasteiger partial charge in [-0.1, -0.05) is 23.8 Å². The molecule has 0 saturated carbocycles. The Morgan fingerprint density at radius 1 is 1.12 bits per heavy atom. The van der Waals surface area contributed by atoms with Gasteiger partial charge in [-0.25, -0.2) is 4.98 Å². The molecule has 1 aromatic carbocycles. The molecule has 0 aliphatic carbocycles. The molecular formula is C20H25N3OS. The first kappa shape index (κ1) is 17.8. The lowest BCUT2D eigenvalue weighted by atomic mass is 9.99. The van der Waals surface area contributed by atoms with E-state index in [1.807, 2.05) is 20.8 Å². The van der Waals surface area contributed by atoms with Crippen molar-refractivity contribution >= 4 is 21.6 Å². The van der Waals surface area contributed by atoms with Crippen LogP contribution in [-0.4, -0.2) is 9.97 Å². The summed E-state index contributed by atoms with van der Waals surface area (Å²) in [5.74, 6) is 0.691. The average molecular weight is 356 g/mol. The molecule has 0 fully saturated rings. The topological polar surface area (TPSA) is 57.8 Å². The van der Waals surface area contributed by atoms with Gasteiger partial charge >= 0.3 is 0 Å². The van der Waals surface area contributed by atoms with E-state index in [9.17, 15) is 4.79 Å². The molecule has 2 N–H and O–H groups in total. The number of thiophene rings is 1. The fraction of sp³-hybridized carbons (Fsp3) is 0.400. The van der Waals surface area contributed by atoms with Crippen LogP contribution < -0.4 is 10.9 Å². The molecular weight excluding hydrogens is 330 g/mol. The van der Waals surface area contributed by atoms with E-state index >= 15 is 0 Å². The van der Waals surface area contributed by atoms with Crippen LogP contribution >= 0.6 is 11.3 Å². The highest BCUT2D eigenvalue weighted by atomic mass is 32.1. The highest BCUT2D eigenvalue weighted by Gasteiger charge is 2.18. The van der Waals surface area contributed by atoms with E-state index in [4.69, 9.17) is 4.98 Å². The maximum atomic E-state index is 12.5. The van der Waals surface area contributed by atoms with Gasteiger partial charge in [-0.15, -0.1) is 11.3 Å². The molecule has 4 nitrogen and oxygen atoms in total. The molecule has 132 valence electrons. The maximum absolute atomic E-state index is 12.5. The molecule has 0 spiro atoms. The van der Waals surface area contributed by atoms with Gasteiger partial charge in [0, 0.05) is 10.9 Å². The third-order valence-corrected chi connectivity index (χ3v) is 5.97. The van der Waals surface area contributed by atoms with Gasteiger partial charge in [0.25, 0.3) is 5.56 Å². The number of aryl methyl sites for hydroxylation is 4. The quantitative estimate of drug-likeness (QED) is 0.717. The van der Waals surface area contributed by atoms with Crippen LogP contribution in [0.3, 0.4) is 0 Å². The first-order chi connectivity index (χ1) is 11.8. The van der Waals surface area contributed by atoms with Crippen molar-refractivity contribution in [1.29, 1.82) is 0 Å². The van der Waals surface area contributed by atoms with Crippen molar-refractivity contribution in [2.75, 3.05) is 0 Å². The minimum absolute atomic E-state index is 0.0464. The predicted octanol–water partition coefficient (Wildman–Crippen LogP) is 4.63.